The summed E-state index contributed by atoms with van der Waals surface area (Å²) in [4.78, 5) is 0. The highest BCUT2D eigenvalue weighted by molar-refractivity contribution is 4.61. The molecule has 0 aliphatic carbocycles. The number of likely N-dealkylation sites (tertiary alicyclic amines) is 1. The molecule has 1 N–H and O–H groups in total. The fourth-order valence-electron chi connectivity index (χ4n) is 2.32. The second kappa shape index (κ2) is 7.64. The molecule has 0 radical (unpaired) electrons. The largest absolute Gasteiger partial charge is 1.00 e. The second-order valence-electron chi connectivity index (χ2n) is 5.08. The van der Waals surface area contributed by atoms with Gasteiger partial charge in [0.15, 0.2) is 0 Å². The molecule has 0 atom stereocenters. The van der Waals surface area contributed by atoms with Gasteiger partial charge in [-0.3, -0.25) is 0 Å². The van der Waals surface area contributed by atoms with Gasteiger partial charge in [0, 0.05) is 12.8 Å². The fourth-order valence-corrected chi connectivity index (χ4v) is 2.32. The summed E-state index contributed by atoms with van der Waals surface area (Å²) in [5.41, 5.74) is 0. The minimum absolute atomic E-state index is 0. The van der Waals surface area contributed by atoms with E-state index >= 15 is 0 Å². The first kappa shape index (κ1) is 15.4. The summed E-state index contributed by atoms with van der Waals surface area (Å²) in [6.45, 7) is 5.92. The number of hydrogen-bond donors (Lipinski definition) is 1. The Bertz CT molecular complexity index is 156. The van der Waals surface area contributed by atoms with Gasteiger partial charge in [0.1, 0.15) is 0 Å². The van der Waals surface area contributed by atoms with Crippen LogP contribution in [-0.4, -0.2) is 42.4 Å². The molecule has 1 aliphatic heterocycles. The summed E-state index contributed by atoms with van der Waals surface area (Å²) in [5, 5.41) is 9.44. The second-order valence-corrected chi connectivity index (χ2v) is 5.08. The van der Waals surface area contributed by atoms with Crippen LogP contribution in [0, 0.1) is 0 Å². The molecule has 0 spiro atoms. The van der Waals surface area contributed by atoms with E-state index in [0.29, 0.717) is 0 Å². The Morgan fingerprint density at radius 3 is 2.27 bits per heavy atom. The standard InChI is InChI=1S/C12H26NO.BrH/c1-3-4-5-6-9-13(2)10-7-12(14)8-11-13;/h12,14H,3-11H2,1-2H3;1H/q+1;/p-1. The van der Waals surface area contributed by atoms with Crippen LogP contribution in [0.1, 0.15) is 45.4 Å². The van der Waals surface area contributed by atoms with Crippen molar-refractivity contribution in [3.05, 3.63) is 0 Å². The first-order valence-corrected chi connectivity index (χ1v) is 6.18. The number of hydrogen-bond acceptors (Lipinski definition) is 1. The van der Waals surface area contributed by atoms with Crippen LogP contribution in [0.2, 0.25) is 0 Å². The molecule has 3 heteroatoms. The number of rotatable bonds is 5. The predicted octanol–water partition coefficient (Wildman–Crippen LogP) is -0.828. The maximum absolute atomic E-state index is 9.44. The minimum atomic E-state index is -0.0168. The van der Waals surface area contributed by atoms with Crippen molar-refractivity contribution >= 4 is 0 Å². The average Bonchev–Trinajstić information content (AvgIpc) is 2.18. The predicted molar refractivity (Wildman–Crippen MR) is 60.2 cm³/mol. The zero-order valence-corrected chi connectivity index (χ0v) is 11.8. The molecule has 0 aromatic heterocycles. The molecule has 1 heterocycles. The normalized spacial score (nSPS) is 31.0. The Kier molecular flexibility index (Phi) is 7.84. The van der Waals surface area contributed by atoms with Gasteiger partial charge >= 0.3 is 0 Å². The molecular formula is C12H26BrNO. The summed E-state index contributed by atoms with van der Waals surface area (Å²) in [6.07, 6.45) is 7.43. The van der Waals surface area contributed by atoms with Gasteiger partial charge in [-0.05, 0) is 12.8 Å². The number of unbranched alkanes of at least 4 members (excludes halogenated alkanes) is 3. The van der Waals surface area contributed by atoms with E-state index < -0.39 is 0 Å². The van der Waals surface area contributed by atoms with Gasteiger partial charge in [-0.2, -0.15) is 0 Å². The molecule has 0 aromatic carbocycles. The van der Waals surface area contributed by atoms with Crippen molar-refractivity contribution in [3.63, 3.8) is 0 Å². The minimum Gasteiger partial charge on any atom is -1.00 e. The third kappa shape index (κ3) is 5.88. The lowest BCUT2D eigenvalue weighted by atomic mass is 10.0. The van der Waals surface area contributed by atoms with Crippen molar-refractivity contribution in [3.8, 4) is 0 Å². The molecule has 0 amide bonds. The lowest BCUT2D eigenvalue weighted by Crippen LogP contribution is -3.00. The molecule has 92 valence electrons. The van der Waals surface area contributed by atoms with Crippen LogP contribution >= 0.6 is 0 Å². The van der Waals surface area contributed by atoms with Crippen LogP contribution in [-0.2, 0) is 0 Å². The summed E-state index contributed by atoms with van der Waals surface area (Å²) in [7, 11) is 2.35. The van der Waals surface area contributed by atoms with E-state index in [0.717, 1.165) is 12.8 Å². The van der Waals surface area contributed by atoms with Gasteiger partial charge in [0.2, 0.25) is 0 Å². The molecule has 1 aliphatic rings. The van der Waals surface area contributed by atoms with Crippen molar-refractivity contribution in [2.75, 3.05) is 26.7 Å². The maximum atomic E-state index is 9.44. The van der Waals surface area contributed by atoms with E-state index in [4.69, 9.17) is 0 Å². The zero-order chi connectivity index (χ0) is 10.4. The average molecular weight is 280 g/mol. The van der Waals surface area contributed by atoms with Crippen molar-refractivity contribution in [1.82, 2.24) is 0 Å². The highest BCUT2D eigenvalue weighted by Gasteiger charge is 2.28. The molecule has 1 fully saturated rings. The molecule has 1 rings (SSSR count). The van der Waals surface area contributed by atoms with E-state index in [2.05, 4.69) is 14.0 Å². The smallest absolute Gasteiger partial charge is 0.0809 e. The SMILES string of the molecule is CCCCCC[N+]1(C)CCC(O)CC1.[Br-]. The summed E-state index contributed by atoms with van der Waals surface area (Å²) in [5.74, 6) is 0. The third-order valence-corrected chi connectivity index (χ3v) is 3.56. The summed E-state index contributed by atoms with van der Waals surface area (Å²) < 4.78 is 1.20. The molecule has 2 nitrogen and oxygen atoms in total. The fraction of sp³-hybridized carbons (Fsp3) is 1.00. The van der Waals surface area contributed by atoms with Crippen molar-refractivity contribution < 1.29 is 26.6 Å². The van der Waals surface area contributed by atoms with Crippen molar-refractivity contribution in [2.45, 2.75) is 51.6 Å². The van der Waals surface area contributed by atoms with Crippen LogP contribution < -0.4 is 17.0 Å². The van der Waals surface area contributed by atoms with Crippen LogP contribution in [0.15, 0.2) is 0 Å². The molecule has 0 unspecified atom stereocenters. The van der Waals surface area contributed by atoms with Crippen molar-refractivity contribution in [2.24, 2.45) is 0 Å². The summed E-state index contributed by atoms with van der Waals surface area (Å²) in [6, 6.07) is 0. The Balaban J connectivity index is 0.00000196. The van der Waals surface area contributed by atoms with Gasteiger partial charge in [0.05, 0.1) is 32.8 Å². The molecular weight excluding hydrogens is 254 g/mol. The quantitative estimate of drug-likeness (QED) is 0.515. The van der Waals surface area contributed by atoms with Crippen LogP contribution in [0.5, 0.6) is 0 Å². The van der Waals surface area contributed by atoms with E-state index in [-0.39, 0.29) is 23.1 Å². The van der Waals surface area contributed by atoms with Crippen LogP contribution in [0.25, 0.3) is 0 Å². The van der Waals surface area contributed by atoms with Crippen LogP contribution in [0.3, 0.4) is 0 Å². The number of nitrogens with zero attached hydrogens (tertiary/aromatic N) is 1. The third-order valence-electron chi connectivity index (χ3n) is 3.56. The molecule has 0 aromatic rings. The van der Waals surface area contributed by atoms with Gasteiger partial charge in [0.25, 0.3) is 0 Å². The zero-order valence-electron chi connectivity index (χ0n) is 10.2. The van der Waals surface area contributed by atoms with Gasteiger partial charge in [-0.15, -0.1) is 0 Å². The Morgan fingerprint density at radius 1 is 1.13 bits per heavy atom. The molecule has 0 saturated carbocycles. The number of halogens is 1. The number of aliphatic hydroxyl groups is 1. The van der Waals surface area contributed by atoms with E-state index in [1.54, 1.807) is 0 Å². The van der Waals surface area contributed by atoms with E-state index in [1.807, 2.05) is 0 Å². The first-order chi connectivity index (χ1) is 6.66. The Hall–Kier alpha value is 0.400. The van der Waals surface area contributed by atoms with Gasteiger partial charge in [-0.25, -0.2) is 0 Å². The Labute approximate surface area is 105 Å². The molecule has 15 heavy (non-hydrogen) atoms. The number of piperidine rings is 1. The number of aliphatic hydroxyl groups excluding tert-OH is 1. The highest BCUT2D eigenvalue weighted by atomic mass is 79.9. The Morgan fingerprint density at radius 2 is 1.73 bits per heavy atom. The van der Waals surface area contributed by atoms with Crippen LogP contribution in [0.4, 0.5) is 0 Å². The van der Waals surface area contributed by atoms with Gasteiger partial charge < -0.3 is 26.6 Å². The number of quaternary nitrogens is 1. The summed E-state index contributed by atoms with van der Waals surface area (Å²) >= 11 is 0. The maximum Gasteiger partial charge on any atom is 0.0809 e. The highest BCUT2D eigenvalue weighted by Crippen LogP contribution is 2.18. The lowest BCUT2D eigenvalue weighted by molar-refractivity contribution is -0.915. The van der Waals surface area contributed by atoms with E-state index in [1.165, 1.54) is 49.8 Å². The lowest BCUT2D eigenvalue weighted by Gasteiger charge is -2.39. The van der Waals surface area contributed by atoms with E-state index in [9.17, 15) is 5.11 Å². The monoisotopic (exact) mass is 279 g/mol. The van der Waals surface area contributed by atoms with Crippen molar-refractivity contribution in [1.29, 1.82) is 0 Å². The molecule has 0 bridgehead atoms. The van der Waals surface area contributed by atoms with Gasteiger partial charge in [-0.1, -0.05) is 19.8 Å². The first-order valence-electron chi connectivity index (χ1n) is 6.18. The molecule has 1 saturated heterocycles. The topological polar surface area (TPSA) is 20.2 Å².